The van der Waals surface area contributed by atoms with Gasteiger partial charge in [-0.25, -0.2) is 8.78 Å². The van der Waals surface area contributed by atoms with E-state index in [1.807, 2.05) is 0 Å². The summed E-state index contributed by atoms with van der Waals surface area (Å²) in [4.78, 5) is 0. The molecule has 0 aromatic carbocycles. The molecule has 60 valence electrons. The summed E-state index contributed by atoms with van der Waals surface area (Å²) in [6, 6.07) is 0. The summed E-state index contributed by atoms with van der Waals surface area (Å²) < 4.78 is 24.4. The third-order valence-corrected chi connectivity index (χ3v) is 2.26. The number of hydrogen-bond donors (Lipinski definition) is 1. The number of thiol groups is 1. The number of alkyl halides is 2. The Morgan fingerprint density at radius 3 is 2.40 bits per heavy atom. The third kappa shape index (κ3) is 2.11. The summed E-state index contributed by atoms with van der Waals surface area (Å²) in [6.07, 6.45) is 2.13. The zero-order valence-corrected chi connectivity index (χ0v) is 6.71. The van der Waals surface area contributed by atoms with Crippen LogP contribution in [0.25, 0.3) is 0 Å². The molecule has 1 aliphatic rings. The molecule has 10 heavy (non-hydrogen) atoms. The molecule has 1 saturated carbocycles. The first-order chi connectivity index (χ1) is 4.64. The molecule has 0 N–H and O–H groups in total. The fourth-order valence-electron chi connectivity index (χ4n) is 1.37. The number of halogens is 2. The van der Waals surface area contributed by atoms with E-state index in [0.29, 0.717) is 0 Å². The molecule has 1 aliphatic carbocycles. The molecule has 0 bridgehead atoms. The van der Waals surface area contributed by atoms with Gasteiger partial charge in [0, 0.05) is 12.8 Å². The van der Waals surface area contributed by atoms with Gasteiger partial charge in [0.15, 0.2) is 0 Å². The highest BCUT2D eigenvalue weighted by atomic mass is 32.1. The van der Waals surface area contributed by atoms with Crippen molar-refractivity contribution >= 4 is 12.6 Å². The largest absolute Gasteiger partial charge is 0.248 e. The van der Waals surface area contributed by atoms with Crippen molar-refractivity contribution in [2.75, 3.05) is 5.75 Å². The average Bonchev–Trinajstić information content (AvgIpc) is 1.78. The quantitative estimate of drug-likeness (QED) is 0.612. The second-order valence-electron chi connectivity index (χ2n) is 3.00. The third-order valence-electron chi connectivity index (χ3n) is 1.95. The van der Waals surface area contributed by atoms with Crippen LogP contribution in [0.15, 0.2) is 0 Å². The maximum atomic E-state index is 12.2. The minimum absolute atomic E-state index is 0.112. The van der Waals surface area contributed by atoms with Crippen molar-refractivity contribution in [1.82, 2.24) is 0 Å². The van der Waals surface area contributed by atoms with Gasteiger partial charge in [0.25, 0.3) is 0 Å². The van der Waals surface area contributed by atoms with E-state index in [2.05, 4.69) is 12.6 Å². The van der Waals surface area contributed by atoms with E-state index in [9.17, 15) is 8.78 Å². The second kappa shape index (κ2) is 3.07. The molecule has 0 aromatic heterocycles. The number of rotatable bonds is 3. The molecule has 1 rings (SSSR count). The second-order valence-corrected chi connectivity index (χ2v) is 3.44. The van der Waals surface area contributed by atoms with E-state index in [1.165, 1.54) is 0 Å². The molecule has 1 fully saturated rings. The van der Waals surface area contributed by atoms with Gasteiger partial charge < -0.3 is 0 Å². The lowest BCUT2D eigenvalue weighted by atomic mass is 9.79. The van der Waals surface area contributed by atoms with Crippen LogP contribution in [0, 0.1) is 5.92 Å². The molecule has 0 heterocycles. The number of hydrogen-bond acceptors (Lipinski definition) is 1. The van der Waals surface area contributed by atoms with E-state index in [0.717, 1.165) is 18.6 Å². The fraction of sp³-hybridized carbons (Fsp3) is 1.00. The first kappa shape index (κ1) is 8.31. The summed E-state index contributed by atoms with van der Waals surface area (Å²) in [5.41, 5.74) is 0. The van der Waals surface area contributed by atoms with Gasteiger partial charge in [0.1, 0.15) is 0 Å². The predicted molar refractivity (Wildman–Crippen MR) is 40.8 cm³/mol. The summed E-state index contributed by atoms with van der Waals surface area (Å²) in [5, 5.41) is 0. The molecule has 0 saturated heterocycles. The highest BCUT2D eigenvalue weighted by molar-refractivity contribution is 7.80. The van der Waals surface area contributed by atoms with Gasteiger partial charge in [0.05, 0.1) is 0 Å². The molecular formula is C7H12F2S. The van der Waals surface area contributed by atoms with Crippen LogP contribution in [0.1, 0.15) is 25.7 Å². The Hall–Kier alpha value is 0.210. The summed E-state index contributed by atoms with van der Waals surface area (Å²) in [5.74, 6) is -1.23. The standard InChI is InChI=1S/C7H12F2S/c8-7(9)4-6(5-7)2-1-3-10/h6,10H,1-5H2. The molecule has 3 heteroatoms. The van der Waals surface area contributed by atoms with Crippen LogP contribution in [0.5, 0.6) is 0 Å². The normalized spacial score (nSPS) is 24.3. The van der Waals surface area contributed by atoms with Crippen molar-refractivity contribution in [2.24, 2.45) is 5.92 Å². The Morgan fingerprint density at radius 1 is 1.40 bits per heavy atom. The van der Waals surface area contributed by atoms with Crippen molar-refractivity contribution in [3.8, 4) is 0 Å². The van der Waals surface area contributed by atoms with Gasteiger partial charge in [-0.1, -0.05) is 0 Å². The lowest BCUT2D eigenvalue weighted by Gasteiger charge is -2.34. The van der Waals surface area contributed by atoms with Crippen LogP contribution in [0.2, 0.25) is 0 Å². The van der Waals surface area contributed by atoms with Crippen molar-refractivity contribution in [3.63, 3.8) is 0 Å². The summed E-state index contributed by atoms with van der Waals surface area (Å²) in [7, 11) is 0. The Labute approximate surface area is 65.4 Å². The lowest BCUT2D eigenvalue weighted by Crippen LogP contribution is -2.35. The van der Waals surface area contributed by atoms with E-state index in [1.54, 1.807) is 0 Å². The van der Waals surface area contributed by atoms with E-state index in [-0.39, 0.29) is 18.8 Å². The highest BCUT2D eigenvalue weighted by Gasteiger charge is 2.44. The maximum Gasteiger partial charge on any atom is 0.248 e. The van der Waals surface area contributed by atoms with Gasteiger partial charge in [-0.05, 0) is 24.5 Å². The summed E-state index contributed by atoms with van der Waals surface area (Å²) in [6.45, 7) is 0. The van der Waals surface area contributed by atoms with Crippen molar-refractivity contribution in [2.45, 2.75) is 31.6 Å². The van der Waals surface area contributed by atoms with Gasteiger partial charge >= 0.3 is 0 Å². The Morgan fingerprint density at radius 2 is 2.00 bits per heavy atom. The van der Waals surface area contributed by atoms with Crippen LogP contribution >= 0.6 is 12.6 Å². The molecule has 0 atom stereocenters. The zero-order valence-electron chi connectivity index (χ0n) is 5.82. The van der Waals surface area contributed by atoms with Crippen molar-refractivity contribution < 1.29 is 8.78 Å². The van der Waals surface area contributed by atoms with Crippen LogP contribution < -0.4 is 0 Å². The topological polar surface area (TPSA) is 0 Å². The van der Waals surface area contributed by atoms with Crippen LogP contribution in [0.4, 0.5) is 8.78 Å². The molecule has 0 aliphatic heterocycles. The SMILES string of the molecule is FC1(F)CC(CCCS)C1. The van der Waals surface area contributed by atoms with Gasteiger partial charge in [-0.3, -0.25) is 0 Å². The lowest BCUT2D eigenvalue weighted by molar-refractivity contribution is -0.112. The zero-order chi connectivity index (χ0) is 7.61. The molecule has 0 nitrogen and oxygen atoms in total. The Balaban J connectivity index is 2.03. The van der Waals surface area contributed by atoms with Gasteiger partial charge in [0.2, 0.25) is 5.92 Å². The predicted octanol–water partition coefficient (Wildman–Crippen LogP) is 2.74. The van der Waals surface area contributed by atoms with Gasteiger partial charge in [-0.2, -0.15) is 12.6 Å². The van der Waals surface area contributed by atoms with Gasteiger partial charge in [-0.15, -0.1) is 0 Å². The van der Waals surface area contributed by atoms with Crippen LogP contribution in [-0.4, -0.2) is 11.7 Å². The molecule has 0 unspecified atom stereocenters. The minimum atomic E-state index is -2.33. The molecule has 0 spiro atoms. The van der Waals surface area contributed by atoms with Crippen LogP contribution in [0.3, 0.4) is 0 Å². The molecule has 0 amide bonds. The van der Waals surface area contributed by atoms with Crippen LogP contribution in [-0.2, 0) is 0 Å². The summed E-state index contributed by atoms with van der Waals surface area (Å²) >= 11 is 4.01. The van der Waals surface area contributed by atoms with E-state index in [4.69, 9.17) is 0 Å². The van der Waals surface area contributed by atoms with Crippen molar-refractivity contribution in [3.05, 3.63) is 0 Å². The molecule has 0 aromatic rings. The van der Waals surface area contributed by atoms with Crippen molar-refractivity contribution in [1.29, 1.82) is 0 Å². The molecule has 0 radical (unpaired) electrons. The van der Waals surface area contributed by atoms with E-state index >= 15 is 0 Å². The average molecular weight is 166 g/mol. The maximum absolute atomic E-state index is 12.2. The first-order valence-electron chi connectivity index (χ1n) is 3.63. The first-order valence-corrected chi connectivity index (χ1v) is 4.26. The molecular weight excluding hydrogens is 154 g/mol. The monoisotopic (exact) mass is 166 g/mol. The highest BCUT2D eigenvalue weighted by Crippen LogP contribution is 2.44. The van der Waals surface area contributed by atoms with E-state index < -0.39 is 5.92 Å². The Kier molecular flexibility index (Phi) is 2.55. The smallest absolute Gasteiger partial charge is 0.207 e. The Bertz CT molecular complexity index is 106. The fourth-order valence-corrected chi connectivity index (χ4v) is 1.55. The minimum Gasteiger partial charge on any atom is -0.207 e.